The Morgan fingerprint density at radius 2 is 1.50 bits per heavy atom. The van der Waals surface area contributed by atoms with Crippen molar-refractivity contribution >= 4 is 0 Å². The van der Waals surface area contributed by atoms with Crippen molar-refractivity contribution in [2.75, 3.05) is 13.1 Å². The Kier molecular flexibility index (Phi) is 3.20. The Labute approximate surface area is 86.5 Å². The van der Waals surface area contributed by atoms with E-state index >= 15 is 0 Å². The summed E-state index contributed by atoms with van der Waals surface area (Å²) in [6.07, 6.45) is 4.98. The first-order chi connectivity index (χ1) is 6.84. The van der Waals surface area contributed by atoms with Crippen LogP contribution in [0.5, 0.6) is 0 Å². The summed E-state index contributed by atoms with van der Waals surface area (Å²) in [7, 11) is 0. The summed E-state index contributed by atoms with van der Waals surface area (Å²) in [5.41, 5.74) is 4.46. The first-order valence-corrected chi connectivity index (χ1v) is 5.65. The minimum atomic E-state index is 1.17. The van der Waals surface area contributed by atoms with Crippen molar-refractivity contribution in [3.63, 3.8) is 0 Å². The summed E-state index contributed by atoms with van der Waals surface area (Å²) in [6, 6.07) is 7.04. The minimum Gasteiger partial charge on any atom is -0.317 e. The summed E-state index contributed by atoms with van der Waals surface area (Å²) in [5.74, 6) is 0. The molecule has 2 bridgehead atoms. The standard InChI is InChI=1S/C13H19N/c1-11-8-12-4-2-6-14-7-3-5-13(9-11)10-12/h8-10,14H,2-7H2,1H3. The number of nitrogens with one attached hydrogen (secondary N) is 1. The molecule has 1 aliphatic rings. The highest BCUT2D eigenvalue weighted by Crippen LogP contribution is 2.13. The second-order valence-electron chi connectivity index (χ2n) is 4.28. The van der Waals surface area contributed by atoms with Gasteiger partial charge in [0.05, 0.1) is 0 Å². The lowest BCUT2D eigenvalue weighted by Gasteiger charge is -2.11. The summed E-state index contributed by atoms with van der Waals surface area (Å²) < 4.78 is 0. The Bertz CT molecular complexity index is 278. The van der Waals surface area contributed by atoms with Crippen molar-refractivity contribution in [2.45, 2.75) is 32.6 Å². The van der Waals surface area contributed by atoms with Gasteiger partial charge in [0, 0.05) is 0 Å². The van der Waals surface area contributed by atoms with E-state index in [0.717, 1.165) is 0 Å². The van der Waals surface area contributed by atoms with Crippen LogP contribution in [0.15, 0.2) is 18.2 Å². The van der Waals surface area contributed by atoms with E-state index in [2.05, 4.69) is 30.4 Å². The second kappa shape index (κ2) is 4.61. The van der Waals surface area contributed by atoms with E-state index in [1.807, 2.05) is 0 Å². The van der Waals surface area contributed by atoms with Crippen LogP contribution in [0.2, 0.25) is 0 Å². The van der Waals surface area contributed by atoms with Gasteiger partial charge in [-0.3, -0.25) is 0 Å². The second-order valence-corrected chi connectivity index (χ2v) is 4.28. The summed E-state index contributed by atoms with van der Waals surface area (Å²) in [5, 5.41) is 3.48. The van der Waals surface area contributed by atoms with Gasteiger partial charge in [0.2, 0.25) is 0 Å². The molecule has 1 heteroatoms. The first-order valence-electron chi connectivity index (χ1n) is 5.65. The molecule has 76 valence electrons. The normalized spacial score (nSPS) is 17.8. The fraction of sp³-hybridized carbons (Fsp3) is 0.538. The van der Waals surface area contributed by atoms with E-state index in [-0.39, 0.29) is 0 Å². The van der Waals surface area contributed by atoms with Crippen molar-refractivity contribution in [2.24, 2.45) is 0 Å². The largest absolute Gasteiger partial charge is 0.317 e. The fourth-order valence-corrected chi connectivity index (χ4v) is 2.20. The Morgan fingerprint density at radius 1 is 0.929 bits per heavy atom. The van der Waals surface area contributed by atoms with Crippen LogP contribution in [-0.4, -0.2) is 13.1 Å². The third-order valence-electron chi connectivity index (χ3n) is 2.83. The Morgan fingerprint density at radius 3 is 2.07 bits per heavy atom. The maximum absolute atomic E-state index is 3.48. The summed E-state index contributed by atoms with van der Waals surface area (Å²) in [4.78, 5) is 0. The van der Waals surface area contributed by atoms with Crippen LogP contribution in [0.4, 0.5) is 0 Å². The highest BCUT2D eigenvalue weighted by Gasteiger charge is 2.01. The molecule has 0 spiro atoms. The molecule has 1 N–H and O–H groups in total. The lowest BCUT2D eigenvalue weighted by Crippen LogP contribution is -2.18. The summed E-state index contributed by atoms with van der Waals surface area (Å²) in [6.45, 7) is 4.55. The molecule has 0 saturated carbocycles. The quantitative estimate of drug-likeness (QED) is 0.661. The van der Waals surface area contributed by atoms with E-state index < -0.39 is 0 Å². The van der Waals surface area contributed by atoms with Gasteiger partial charge in [0.1, 0.15) is 0 Å². The number of aryl methyl sites for hydroxylation is 3. The molecule has 2 rings (SSSR count). The molecule has 0 fully saturated rings. The zero-order valence-electron chi connectivity index (χ0n) is 8.97. The van der Waals surface area contributed by atoms with Gasteiger partial charge in [0.25, 0.3) is 0 Å². The van der Waals surface area contributed by atoms with Gasteiger partial charge in [-0.05, 0) is 56.8 Å². The van der Waals surface area contributed by atoms with Gasteiger partial charge in [-0.25, -0.2) is 0 Å². The molecule has 0 saturated heterocycles. The number of rotatable bonds is 0. The van der Waals surface area contributed by atoms with Crippen LogP contribution in [0.25, 0.3) is 0 Å². The molecule has 14 heavy (non-hydrogen) atoms. The van der Waals surface area contributed by atoms with Crippen molar-refractivity contribution in [1.82, 2.24) is 5.32 Å². The van der Waals surface area contributed by atoms with E-state index in [9.17, 15) is 0 Å². The highest BCUT2D eigenvalue weighted by atomic mass is 14.8. The lowest BCUT2D eigenvalue weighted by atomic mass is 9.99. The SMILES string of the molecule is Cc1cc2cc(c1)CCCNCCC2. The van der Waals surface area contributed by atoms with Crippen LogP contribution < -0.4 is 5.32 Å². The van der Waals surface area contributed by atoms with Crippen molar-refractivity contribution in [1.29, 1.82) is 0 Å². The molecule has 1 aromatic rings. The molecule has 1 aromatic carbocycles. The number of benzene rings is 1. The molecular formula is C13H19N. The Balaban J connectivity index is 2.21. The van der Waals surface area contributed by atoms with Crippen LogP contribution in [-0.2, 0) is 12.8 Å². The van der Waals surface area contributed by atoms with Gasteiger partial charge in [-0.2, -0.15) is 0 Å². The number of hydrogen-bond acceptors (Lipinski definition) is 1. The van der Waals surface area contributed by atoms with E-state index in [1.165, 1.54) is 55.5 Å². The number of fused-ring (bicyclic) bond motifs is 2. The van der Waals surface area contributed by atoms with Gasteiger partial charge in [-0.15, -0.1) is 0 Å². The molecule has 1 nitrogen and oxygen atoms in total. The topological polar surface area (TPSA) is 12.0 Å². The third-order valence-corrected chi connectivity index (χ3v) is 2.83. The highest BCUT2D eigenvalue weighted by molar-refractivity contribution is 5.29. The molecule has 0 radical (unpaired) electrons. The third kappa shape index (κ3) is 2.58. The average molecular weight is 189 g/mol. The van der Waals surface area contributed by atoms with Gasteiger partial charge in [0.15, 0.2) is 0 Å². The van der Waals surface area contributed by atoms with Crippen molar-refractivity contribution in [3.8, 4) is 0 Å². The molecule has 0 aromatic heterocycles. The van der Waals surface area contributed by atoms with Crippen molar-refractivity contribution < 1.29 is 0 Å². The summed E-state index contributed by atoms with van der Waals surface area (Å²) >= 11 is 0. The predicted octanol–water partition coefficient (Wildman–Crippen LogP) is 2.46. The van der Waals surface area contributed by atoms with Gasteiger partial charge in [-0.1, -0.05) is 23.8 Å². The zero-order chi connectivity index (χ0) is 9.80. The molecule has 0 atom stereocenters. The van der Waals surface area contributed by atoms with Gasteiger partial charge < -0.3 is 5.32 Å². The zero-order valence-corrected chi connectivity index (χ0v) is 8.97. The molecule has 0 amide bonds. The first kappa shape index (κ1) is 9.72. The van der Waals surface area contributed by atoms with Crippen molar-refractivity contribution in [3.05, 3.63) is 34.9 Å². The minimum absolute atomic E-state index is 1.17. The van der Waals surface area contributed by atoms with E-state index in [0.29, 0.717) is 0 Å². The van der Waals surface area contributed by atoms with E-state index in [4.69, 9.17) is 0 Å². The lowest BCUT2D eigenvalue weighted by molar-refractivity contribution is 0.616. The maximum atomic E-state index is 3.48. The van der Waals surface area contributed by atoms with Gasteiger partial charge >= 0.3 is 0 Å². The molecule has 0 aliphatic carbocycles. The number of hydrogen-bond donors (Lipinski definition) is 1. The smallest absolute Gasteiger partial charge is 0.00457 e. The fourth-order valence-electron chi connectivity index (χ4n) is 2.20. The molecular weight excluding hydrogens is 170 g/mol. The van der Waals surface area contributed by atoms with Crippen LogP contribution in [0, 0.1) is 6.92 Å². The predicted molar refractivity (Wildman–Crippen MR) is 60.7 cm³/mol. The van der Waals surface area contributed by atoms with Crippen LogP contribution in [0.3, 0.4) is 0 Å². The molecule has 1 aliphatic heterocycles. The van der Waals surface area contributed by atoms with Crippen LogP contribution in [0.1, 0.15) is 29.5 Å². The molecule has 1 heterocycles. The van der Waals surface area contributed by atoms with E-state index in [1.54, 1.807) is 0 Å². The Hall–Kier alpha value is -0.820. The molecule has 0 unspecified atom stereocenters. The monoisotopic (exact) mass is 189 g/mol. The average Bonchev–Trinajstić information content (AvgIpc) is 2.15. The van der Waals surface area contributed by atoms with Crippen LogP contribution >= 0.6 is 0 Å². The maximum Gasteiger partial charge on any atom is -0.00457 e.